The van der Waals surface area contributed by atoms with Crippen LogP contribution in [-0.4, -0.2) is 45.3 Å². The number of hydrogen-bond donors (Lipinski definition) is 3. The third-order valence-electron chi connectivity index (χ3n) is 5.83. The SMILES string of the molecule is Cc1cn(-c2ncnc3nc(-c4ccc(NC(=O)Nc5cc(-c6ccccc6)nn5C)cc4)[nH]c23)cn1. The molecule has 6 rings (SSSR count). The Labute approximate surface area is 211 Å². The van der Waals surface area contributed by atoms with Crippen LogP contribution in [-0.2, 0) is 7.05 Å². The van der Waals surface area contributed by atoms with Gasteiger partial charge in [-0.15, -0.1) is 0 Å². The fraction of sp³-hybridized carbons (Fsp3) is 0.0769. The number of hydrogen-bond acceptors (Lipinski definition) is 6. The molecule has 11 nitrogen and oxygen atoms in total. The highest BCUT2D eigenvalue weighted by Crippen LogP contribution is 2.24. The number of nitrogens with one attached hydrogen (secondary N) is 3. The van der Waals surface area contributed by atoms with E-state index in [0.29, 0.717) is 34.3 Å². The Morgan fingerprint density at radius 3 is 2.51 bits per heavy atom. The highest BCUT2D eigenvalue weighted by Gasteiger charge is 2.14. The molecule has 4 aromatic heterocycles. The maximum Gasteiger partial charge on any atom is 0.324 e. The van der Waals surface area contributed by atoms with Gasteiger partial charge in [0.1, 0.15) is 29.8 Å². The van der Waals surface area contributed by atoms with E-state index in [0.717, 1.165) is 22.5 Å². The number of fused-ring (bicyclic) bond motifs is 1. The molecule has 0 atom stereocenters. The van der Waals surface area contributed by atoms with Crippen molar-refractivity contribution >= 4 is 28.7 Å². The minimum atomic E-state index is -0.366. The van der Waals surface area contributed by atoms with Gasteiger partial charge >= 0.3 is 6.03 Å². The number of anilines is 2. The van der Waals surface area contributed by atoms with Gasteiger partial charge in [-0.05, 0) is 31.2 Å². The van der Waals surface area contributed by atoms with Gasteiger partial charge in [-0.25, -0.2) is 24.7 Å². The lowest BCUT2D eigenvalue weighted by Crippen LogP contribution is -2.20. The van der Waals surface area contributed by atoms with Gasteiger partial charge in [0.25, 0.3) is 0 Å². The van der Waals surface area contributed by atoms with Crippen LogP contribution in [0.15, 0.2) is 79.5 Å². The summed E-state index contributed by atoms with van der Waals surface area (Å²) in [4.78, 5) is 33.5. The van der Waals surface area contributed by atoms with E-state index in [-0.39, 0.29) is 6.03 Å². The number of amides is 2. The van der Waals surface area contributed by atoms with Crippen molar-refractivity contribution in [2.24, 2.45) is 7.05 Å². The lowest BCUT2D eigenvalue weighted by Gasteiger charge is -2.08. The Bertz CT molecular complexity index is 1710. The number of H-pyrrole nitrogens is 1. The summed E-state index contributed by atoms with van der Waals surface area (Å²) in [5.41, 5.74) is 5.39. The summed E-state index contributed by atoms with van der Waals surface area (Å²) in [6.07, 6.45) is 5.08. The third-order valence-corrected chi connectivity index (χ3v) is 5.83. The van der Waals surface area contributed by atoms with Gasteiger partial charge in [0.05, 0.1) is 11.4 Å². The number of aryl methyl sites for hydroxylation is 2. The lowest BCUT2D eigenvalue weighted by molar-refractivity contribution is 0.262. The molecule has 0 saturated heterocycles. The number of carbonyl (C=O) groups is 1. The van der Waals surface area contributed by atoms with E-state index in [1.54, 1.807) is 18.1 Å². The van der Waals surface area contributed by atoms with Crippen molar-refractivity contribution in [2.45, 2.75) is 6.92 Å². The van der Waals surface area contributed by atoms with Crippen molar-refractivity contribution in [3.8, 4) is 28.5 Å². The van der Waals surface area contributed by atoms with Crippen LogP contribution in [0.3, 0.4) is 0 Å². The number of aromatic nitrogens is 8. The molecular weight excluding hydrogens is 468 g/mol. The van der Waals surface area contributed by atoms with Gasteiger partial charge in [0, 0.05) is 36.1 Å². The summed E-state index contributed by atoms with van der Waals surface area (Å²) in [7, 11) is 1.79. The molecule has 2 aromatic carbocycles. The number of nitrogens with zero attached hydrogens (tertiary/aromatic N) is 7. The Morgan fingerprint density at radius 2 is 1.76 bits per heavy atom. The quantitative estimate of drug-likeness (QED) is 0.325. The summed E-state index contributed by atoms with van der Waals surface area (Å²) >= 11 is 0. The molecule has 11 heteroatoms. The van der Waals surface area contributed by atoms with Crippen LogP contribution in [0.25, 0.3) is 39.6 Å². The smallest absolute Gasteiger partial charge is 0.324 e. The molecule has 37 heavy (non-hydrogen) atoms. The summed E-state index contributed by atoms with van der Waals surface area (Å²) in [6.45, 7) is 1.92. The Hall–Kier alpha value is -5.32. The molecule has 2 amide bonds. The van der Waals surface area contributed by atoms with Gasteiger partial charge < -0.3 is 10.3 Å². The molecular formula is C26H22N10O. The molecule has 0 unspecified atom stereocenters. The first-order valence-corrected chi connectivity index (χ1v) is 11.5. The molecule has 0 fully saturated rings. The van der Waals surface area contributed by atoms with Crippen LogP contribution < -0.4 is 10.6 Å². The molecule has 6 aromatic rings. The van der Waals surface area contributed by atoms with Crippen LogP contribution in [0.5, 0.6) is 0 Å². The van der Waals surface area contributed by atoms with Gasteiger partial charge in [-0.2, -0.15) is 5.10 Å². The first-order valence-electron chi connectivity index (χ1n) is 11.5. The Morgan fingerprint density at radius 1 is 0.946 bits per heavy atom. The van der Waals surface area contributed by atoms with Gasteiger partial charge in [0.15, 0.2) is 11.5 Å². The second-order valence-corrected chi connectivity index (χ2v) is 8.46. The minimum absolute atomic E-state index is 0.366. The van der Waals surface area contributed by atoms with Crippen molar-refractivity contribution in [3.05, 3.63) is 85.2 Å². The average molecular weight is 491 g/mol. The largest absolute Gasteiger partial charge is 0.334 e. The van der Waals surface area contributed by atoms with Crippen LogP contribution in [0.2, 0.25) is 0 Å². The van der Waals surface area contributed by atoms with E-state index in [4.69, 9.17) is 0 Å². The summed E-state index contributed by atoms with van der Waals surface area (Å²) in [5.74, 6) is 1.90. The lowest BCUT2D eigenvalue weighted by atomic mass is 10.2. The number of benzene rings is 2. The molecule has 0 aliphatic heterocycles. The third kappa shape index (κ3) is 4.41. The van der Waals surface area contributed by atoms with Gasteiger partial charge in [0.2, 0.25) is 0 Å². The van der Waals surface area contributed by atoms with Crippen LogP contribution in [0, 0.1) is 6.92 Å². The number of imidazole rings is 2. The molecule has 4 heterocycles. The van der Waals surface area contributed by atoms with E-state index in [1.807, 2.05) is 78.4 Å². The van der Waals surface area contributed by atoms with E-state index >= 15 is 0 Å². The Kier molecular flexibility index (Phi) is 5.41. The molecule has 0 radical (unpaired) electrons. The van der Waals surface area contributed by atoms with Crippen molar-refractivity contribution in [3.63, 3.8) is 0 Å². The number of urea groups is 1. The average Bonchev–Trinajstić information content (AvgIpc) is 3.63. The van der Waals surface area contributed by atoms with E-state index < -0.39 is 0 Å². The van der Waals surface area contributed by atoms with E-state index in [2.05, 4.69) is 40.7 Å². The highest BCUT2D eigenvalue weighted by molar-refractivity contribution is 5.99. The number of rotatable bonds is 5. The van der Waals surface area contributed by atoms with E-state index in [1.165, 1.54) is 6.33 Å². The molecule has 0 aliphatic carbocycles. The summed E-state index contributed by atoms with van der Waals surface area (Å²) in [5, 5.41) is 10.2. The maximum absolute atomic E-state index is 12.6. The van der Waals surface area contributed by atoms with Gasteiger partial charge in [-0.3, -0.25) is 14.6 Å². The molecule has 0 bridgehead atoms. The van der Waals surface area contributed by atoms with Crippen molar-refractivity contribution < 1.29 is 4.79 Å². The molecule has 3 N–H and O–H groups in total. The fourth-order valence-corrected chi connectivity index (χ4v) is 4.01. The molecule has 0 aliphatic rings. The maximum atomic E-state index is 12.6. The molecule has 182 valence electrons. The van der Waals surface area contributed by atoms with Gasteiger partial charge in [-0.1, -0.05) is 30.3 Å². The summed E-state index contributed by atoms with van der Waals surface area (Å²) < 4.78 is 3.47. The van der Waals surface area contributed by atoms with Crippen molar-refractivity contribution in [1.29, 1.82) is 0 Å². The standard InChI is InChI=1S/C26H22N10O/c1-16-13-36(15-29-16)25-22-24(27-14-28-25)33-23(32-22)18-8-10-19(11-9-18)30-26(37)31-21-12-20(34-35(21)2)17-6-4-3-5-7-17/h3-15H,1-2H3,(H2,30,31,37)(H,27,28,32,33). The molecule has 0 saturated carbocycles. The number of aromatic amines is 1. The zero-order valence-corrected chi connectivity index (χ0v) is 20.0. The monoisotopic (exact) mass is 490 g/mol. The Balaban J connectivity index is 1.17. The van der Waals surface area contributed by atoms with Crippen LogP contribution >= 0.6 is 0 Å². The van der Waals surface area contributed by atoms with Crippen LogP contribution in [0.4, 0.5) is 16.3 Å². The topological polar surface area (TPSA) is 131 Å². The van der Waals surface area contributed by atoms with Crippen molar-refractivity contribution in [1.82, 2.24) is 39.3 Å². The zero-order valence-electron chi connectivity index (χ0n) is 20.0. The second kappa shape index (κ2) is 9.04. The normalized spacial score (nSPS) is 11.1. The van der Waals surface area contributed by atoms with Crippen molar-refractivity contribution in [2.75, 3.05) is 10.6 Å². The van der Waals surface area contributed by atoms with Crippen LogP contribution in [0.1, 0.15) is 5.69 Å². The predicted molar refractivity (Wildman–Crippen MR) is 140 cm³/mol. The van der Waals surface area contributed by atoms with E-state index in [9.17, 15) is 4.79 Å². The minimum Gasteiger partial charge on any atom is -0.334 e. The number of carbonyl (C=O) groups excluding carboxylic acids is 1. The first kappa shape index (κ1) is 22.2. The highest BCUT2D eigenvalue weighted by atomic mass is 16.2. The first-order chi connectivity index (χ1) is 18.0. The fourth-order valence-electron chi connectivity index (χ4n) is 4.01. The predicted octanol–water partition coefficient (Wildman–Crippen LogP) is 4.56. The summed E-state index contributed by atoms with van der Waals surface area (Å²) in [6, 6.07) is 18.6. The molecule has 0 spiro atoms. The second-order valence-electron chi connectivity index (χ2n) is 8.46. The zero-order chi connectivity index (χ0) is 25.4.